The van der Waals surface area contributed by atoms with Gasteiger partial charge in [-0.25, -0.2) is 4.39 Å². The van der Waals surface area contributed by atoms with Crippen LogP contribution in [-0.4, -0.2) is 49.2 Å². The minimum absolute atomic E-state index is 0.0330. The fourth-order valence-corrected chi connectivity index (χ4v) is 5.86. The summed E-state index contributed by atoms with van der Waals surface area (Å²) in [4.78, 5) is 15.5. The van der Waals surface area contributed by atoms with E-state index in [0.29, 0.717) is 42.7 Å². The molecule has 166 valence electrons. The number of hydrogen-bond donors (Lipinski definition) is 0. The van der Waals surface area contributed by atoms with E-state index in [1.807, 2.05) is 18.2 Å². The Morgan fingerprint density at radius 3 is 2.42 bits per heavy atom. The number of hydrogen-bond acceptors (Lipinski definition) is 4. The largest absolute Gasteiger partial charge is 0.493 e. The molecule has 0 saturated carbocycles. The number of methoxy groups -OCH3 is 2. The highest BCUT2D eigenvalue weighted by molar-refractivity contribution is 6.03. The highest BCUT2D eigenvalue weighted by Gasteiger charge is 2.50. The molecule has 1 aliphatic carbocycles. The van der Waals surface area contributed by atoms with Crippen molar-refractivity contribution >= 4 is 5.78 Å². The maximum absolute atomic E-state index is 16.1. The first kappa shape index (κ1) is 21.8. The summed E-state index contributed by atoms with van der Waals surface area (Å²) in [5.41, 5.74) is 1.40. The molecule has 0 amide bonds. The number of alkyl halides is 1. The van der Waals surface area contributed by atoms with Crippen LogP contribution in [0.5, 0.6) is 11.5 Å². The number of fused-ring (bicyclic) bond motifs is 3. The van der Waals surface area contributed by atoms with Crippen LogP contribution in [0.1, 0.15) is 48.0 Å². The Kier molecular flexibility index (Phi) is 6.07. The quantitative estimate of drug-likeness (QED) is 0.545. The molecule has 4 rings (SSSR count). The summed E-state index contributed by atoms with van der Waals surface area (Å²) < 4.78 is 26.8. The zero-order valence-corrected chi connectivity index (χ0v) is 18.5. The van der Waals surface area contributed by atoms with Crippen LogP contribution in [0, 0.1) is 5.92 Å². The van der Waals surface area contributed by atoms with Gasteiger partial charge in [-0.15, -0.1) is 0 Å². The Morgan fingerprint density at radius 2 is 1.84 bits per heavy atom. The summed E-state index contributed by atoms with van der Waals surface area (Å²) in [7, 11) is 3.14. The van der Waals surface area contributed by atoms with Crippen LogP contribution >= 0.6 is 0 Å². The SMILES string of the molecule is C=CC=C(C=C)CN1C2CCC1CC(F)(CC1Cc3cc(OC)c(OC)cc3C1=O)C2. The summed E-state index contributed by atoms with van der Waals surface area (Å²) in [6.45, 7) is 8.45. The number of Topliss-reactive ketones (excluding diaryl/α,β-unsaturated/α-hetero) is 1. The van der Waals surface area contributed by atoms with E-state index in [1.54, 1.807) is 26.4 Å². The summed E-state index contributed by atoms with van der Waals surface area (Å²) >= 11 is 0. The third kappa shape index (κ3) is 4.08. The zero-order valence-electron chi connectivity index (χ0n) is 18.5. The van der Waals surface area contributed by atoms with Gasteiger partial charge in [0.05, 0.1) is 14.2 Å². The van der Waals surface area contributed by atoms with E-state index in [1.165, 1.54) is 0 Å². The van der Waals surface area contributed by atoms with Crippen molar-refractivity contribution in [1.82, 2.24) is 4.90 Å². The van der Waals surface area contributed by atoms with Crippen molar-refractivity contribution in [3.63, 3.8) is 0 Å². The van der Waals surface area contributed by atoms with Crippen molar-refractivity contribution < 1.29 is 18.7 Å². The lowest BCUT2D eigenvalue weighted by molar-refractivity contribution is 0.00139. The number of nitrogens with zero attached hydrogens (tertiary/aromatic N) is 1. The smallest absolute Gasteiger partial charge is 0.166 e. The van der Waals surface area contributed by atoms with Gasteiger partial charge in [0, 0.05) is 30.1 Å². The highest BCUT2D eigenvalue weighted by Crippen LogP contribution is 2.48. The van der Waals surface area contributed by atoms with Gasteiger partial charge in [0.15, 0.2) is 17.3 Å². The van der Waals surface area contributed by atoms with Crippen LogP contribution in [0.15, 0.2) is 49.1 Å². The average Bonchev–Trinajstić information content (AvgIpc) is 3.18. The van der Waals surface area contributed by atoms with Gasteiger partial charge >= 0.3 is 0 Å². The number of allylic oxidation sites excluding steroid dienone is 2. The molecule has 0 N–H and O–H groups in total. The molecule has 0 spiro atoms. The second-order valence-electron chi connectivity index (χ2n) is 9.13. The summed E-state index contributed by atoms with van der Waals surface area (Å²) in [6.07, 6.45) is 9.49. The lowest BCUT2D eigenvalue weighted by atomic mass is 9.79. The number of ether oxygens (including phenoxy) is 2. The van der Waals surface area contributed by atoms with E-state index in [2.05, 4.69) is 18.1 Å². The van der Waals surface area contributed by atoms with Crippen molar-refractivity contribution in [3.8, 4) is 11.5 Å². The van der Waals surface area contributed by atoms with Gasteiger partial charge in [0.1, 0.15) is 5.67 Å². The Balaban J connectivity index is 1.47. The second kappa shape index (κ2) is 8.62. The Hall–Kier alpha value is -2.40. The molecule has 2 aliphatic heterocycles. The average molecular weight is 426 g/mol. The lowest BCUT2D eigenvalue weighted by Gasteiger charge is -2.43. The molecule has 2 bridgehead atoms. The van der Waals surface area contributed by atoms with Crippen molar-refractivity contribution in [1.29, 1.82) is 0 Å². The van der Waals surface area contributed by atoms with Crippen molar-refractivity contribution in [2.24, 2.45) is 5.92 Å². The number of piperidine rings is 1. The summed E-state index contributed by atoms with van der Waals surface area (Å²) in [6, 6.07) is 4.05. The predicted octanol–water partition coefficient (Wildman–Crippen LogP) is 5.08. The number of benzene rings is 1. The maximum Gasteiger partial charge on any atom is 0.166 e. The molecule has 0 radical (unpaired) electrons. The number of carbonyl (C=O) groups excluding carboxylic acids is 1. The lowest BCUT2D eigenvalue weighted by Crippen LogP contribution is -2.50. The highest BCUT2D eigenvalue weighted by atomic mass is 19.1. The van der Waals surface area contributed by atoms with Crippen molar-refractivity contribution in [3.05, 3.63) is 60.2 Å². The first-order valence-electron chi connectivity index (χ1n) is 11.1. The van der Waals surface area contributed by atoms with Crippen molar-refractivity contribution in [2.75, 3.05) is 20.8 Å². The van der Waals surface area contributed by atoms with Gasteiger partial charge in [0.25, 0.3) is 0 Å². The molecule has 2 fully saturated rings. The fourth-order valence-electron chi connectivity index (χ4n) is 5.86. The minimum atomic E-state index is -1.30. The molecule has 1 aromatic carbocycles. The van der Waals surface area contributed by atoms with Gasteiger partial charge in [-0.2, -0.15) is 0 Å². The minimum Gasteiger partial charge on any atom is -0.493 e. The molecule has 2 saturated heterocycles. The van der Waals surface area contributed by atoms with E-state index in [9.17, 15) is 4.79 Å². The summed E-state index contributed by atoms with van der Waals surface area (Å²) in [5.74, 6) is 0.876. The van der Waals surface area contributed by atoms with Crippen molar-refractivity contribution in [2.45, 2.75) is 56.3 Å². The Labute approximate surface area is 184 Å². The van der Waals surface area contributed by atoms with Gasteiger partial charge in [-0.05, 0) is 61.8 Å². The van der Waals surface area contributed by atoms with Crippen LogP contribution in [0.4, 0.5) is 4.39 Å². The van der Waals surface area contributed by atoms with Crippen LogP contribution in [0.3, 0.4) is 0 Å². The molecule has 2 heterocycles. The normalized spacial score (nSPS) is 30.2. The van der Waals surface area contributed by atoms with E-state index < -0.39 is 5.67 Å². The zero-order chi connectivity index (χ0) is 22.2. The molecule has 3 atom stereocenters. The van der Waals surface area contributed by atoms with E-state index in [4.69, 9.17) is 9.47 Å². The first-order valence-corrected chi connectivity index (χ1v) is 11.1. The number of ketones is 1. The van der Waals surface area contributed by atoms with Crippen LogP contribution < -0.4 is 9.47 Å². The molecular formula is C26H32FNO3. The Bertz CT molecular complexity index is 907. The molecule has 5 heteroatoms. The third-order valence-electron chi connectivity index (χ3n) is 7.26. The first-order chi connectivity index (χ1) is 14.9. The molecule has 31 heavy (non-hydrogen) atoms. The van der Waals surface area contributed by atoms with Gasteiger partial charge in [-0.1, -0.05) is 31.4 Å². The Morgan fingerprint density at radius 1 is 1.19 bits per heavy atom. The molecule has 4 nitrogen and oxygen atoms in total. The van der Waals surface area contributed by atoms with Gasteiger partial charge in [-0.3, -0.25) is 9.69 Å². The fraction of sp³-hybridized carbons (Fsp3) is 0.500. The molecule has 0 aromatic heterocycles. The second-order valence-corrected chi connectivity index (χ2v) is 9.13. The van der Waals surface area contributed by atoms with Crippen LogP contribution in [0.25, 0.3) is 0 Å². The monoisotopic (exact) mass is 425 g/mol. The number of carbonyl (C=O) groups is 1. The predicted molar refractivity (Wildman–Crippen MR) is 121 cm³/mol. The summed E-state index contributed by atoms with van der Waals surface area (Å²) in [5, 5.41) is 0. The topological polar surface area (TPSA) is 38.8 Å². The molecule has 3 unspecified atom stereocenters. The van der Waals surface area contributed by atoms with Crippen LogP contribution in [-0.2, 0) is 6.42 Å². The number of halogens is 1. The van der Waals surface area contributed by atoms with Crippen LogP contribution in [0.2, 0.25) is 0 Å². The molecule has 1 aromatic rings. The molecule has 3 aliphatic rings. The van der Waals surface area contributed by atoms with Gasteiger partial charge < -0.3 is 9.47 Å². The maximum atomic E-state index is 16.1. The van der Waals surface area contributed by atoms with E-state index in [-0.39, 0.29) is 23.8 Å². The van der Waals surface area contributed by atoms with E-state index in [0.717, 1.165) is 30.5 Å². The molecular weight excluding hydrogens is 393 g/mol. The van der Waals surface area contributed by atoms with E-state index >= 15 is 4.39 Å². The standard InChI is InChI=1S/C26H32FNO3/c1-5-7-17(6-2)16-28-20-8-9-21(28)15-26(27,14-20)13-19-10-18-11-23(30-3)24(31-4)12-22(18)25(19)29/h5-7,11-12,19-21H,1-2,8-10,13-16H2,3-4H3. The van der Waals surface area contributed by atoms with Gasteiger partial charge in [0.2, 0.25) is 0 Å². The number of rotatable bonds is 8. The third-order valence-corrected chi connectivity index (χ3v) is 7.26.